The summed E-state index contributed by atoms with van der Waals surface area (Å²) in [7, 11) is 1.47. The number of ether oxygens (including phenoxy) is 3. The van der Waals surface area contributed by atoms with Crippen LogP contribution in [-0.4, -0.2) is 31.7 Å². The summed E-state index contributed by atoms with van der Waals surface area (Å²) in [6.07, 6.45) is -1.00. The van der Waals surface area contributed by atoms with Crippen LogP contribution in [0.25, 0.3) is 0 Å². The molecule has 0 saturated carbocycles. The van der Waals surface area contributed by atoms with Crippen molar-refractivity contribution in [3.8, 4) is 11.5 Å². The summed E-state index contributed by atoms with van der Waals surface area (Å²) in [6, 6.07) is 10.6. The van der Waals surface area contributed by atoms with Gasteiger partial charge in [-0.3, -0.25) is 4.79 Å². The fourth-order valence-corrected chi connectivity index (χ4v) is 2.45. The topological polar surface area (TPSA) is 73.9 Å². The molecule has 2 rings (SSSR count). The highest BCUT2D eigenvalue weighted by molar-refractivity contribution is 6.31. The van der Waals surface area contributed by atoms with Crippen LogP contribution in [0.15, 0.2) is 36.4 Å². The maximum atomic E-state index is 12.3. The first-order valence-corrected chi connectivity index (χ1v) is 8.72. The second-order valence-corrected chi connectivity index (χ2v) is 6.44. The van der Waals surface area contributed by atoms with E-state index in [1.54, 1.807) is 24.3 Å². The average Bonchev–Trinajstić information content (AvgIpc) is 2.62. The summed E-state index contributed by atoms with van der Waals surface area (Å²) in [5, 5.41) is 3.20. The molecule has 0 radical (unpaired) electrons. The number of aryl methyl sites for hydroxylation is 2. The van der Waals surface area contributed by atoms with Gasteiger partial charge in [0.1, 0.15) is 11.5 Å². The molecule has 2 aromatic rings. The number of anilines is 1. The molecule has 0 aliphatic heterocycles. The zero-order chi connectivity index (χ0) is 20.0. The van der Waals surface area contributed by atoms with Crippen molar-refractivity contribution in [3.63, 3.8) is 0 Å². The largest absolute Gasteiger partial charge is 0.495 e. The van der Waals surface area contributed by atoms with E-state index >= 15 is 0 Å². The fourth-order valence-electron chi connectivity index (χ4n) is 2.30. The number of nitrogens with one attached hydrogen (secondary N) is 1. The highest BCUT2D eigenvalue weighted by Gasteiger charge is 2.20. The van der Waals surface area contributed by atoms with Crippen LogP contribution in [0.2, 0.25) is 5.02 Å². The lowest BCUT2D eigenvalue weighted by Crippen LogP contribution is -2.31. The van der Waals surface area contributed by atoms with E-state index in [9.17, 15) is 9.59 Å². The van der Waals surface area contributed by atoms with E-state index in [2.05, 4.69) is 5.32 Å². The van der Waals surface area contributed by atoms with Crippen LogP contribution in [0.4, 0.5) is 5.69 Å². The lowest BCUT2D eigenvalue weighted by atomic mass is 10.2. The fraction of sp³-hybridized carbons (Fsp3) is 0.300. The van der Waals surface area contributed by atoms with Crippen molar-refractivity contribution >= 4 is 29.2 Å². The molecule has 1 unspecified atom stereocenters. The Morgan fingerprint density at radius 1 is 1.19 bits per heavy atom. The molecule has 0 aromatic heterocycles. The predicted molar refractivity (Wildman–Crippen MR) is 104 cm³/mol. The number of hydrogen-bond donors (Lipinski definition) is 1. The minimum Gasteiger partial charge on any atom is -0.495 e. The van der Waals surface area contributed by atoms with Gasteiger partial charge in [0.05, 0.1) is 12.8 Å². The van der Waals surface area contributed by atoms with Crippen LogP contribution in [0, 0.1) is 13.8 Å². The van der Waals surface area contributed by atoms with Crippen molar-refractivity contribution in [1.82, 2.24) is 0 Å². The SMILES string of the molecule is COc1cc(Cl)c(C)cc1NC(=O)C(C)OC(=O)COc1cccc(C)c1. The van der Waals surface area contributed by atoms with Crippen molar-refractivity contribution in [2.45, 2.75) is 26.9 Å². The third-order valence-corrected chi connectivity index (χ3v) is 4.17. The van der Waals surface area contributed by atoms with Crippen molar-refractivity contribution in [3.05, 3.63) is 52.5 Å². The number of carbonyl (C=O) groups is 2. The van der Waals surface area contributed by atoms with E-state index in [0.717, 1.165) is 11.1 Å². The van der Waals surface area contributed by atoms with E-state index in [4.69, 9.17) is 25.8 Å². The summed E-state index contributed by atoms with van der Waals surface area (Å²) in [5.41, 5.74) is 2.24. The second kappa shape index (κ2) is 9.28. The molecule has 27 heavy (non-hydrogen) atoms. The monoisotopic (exact) mass is 391 g/mol. The molecule has 1 N–H and O–H groups in total. The predicted octanol–water partition coefficient (Wildman–Crippen LogP) is 3.91. The Bertz CT molecular complexity index is 837. The third-order valence-electron chi connectivity index (χ3n) is 3.76. The number of methoxy groups -OCH3 is 1. The Morgan fingerprint density at radius 3 is 2.59 bits per heavy atom. The first-order valence-electron chi connectivity index (χ1n) is 8.34. The van der Waals surface area contributed by atoms with Gasteiger partial charge in [0.15, 0.2) is 12.7 Å². The molecule has 0 saturated heterocycles. The minimum absolute atomic E-state index is 0.287. The van der Waals surface area contributed by atoms with Crippen LogP contribution >= 0.6 is 11.6 Å². The average molecular weight is 392 g/mol. The lowest BCUT2D eigenvalue weighted by Gasteiger charge is -2.16. The highest BCUT2D eigenvalue weighted by atomic mass is 35.5. The number of hydrogen-bond acceptors (Lipinski definition) is 5. The molecule has 0 spiro atoms. The standard InChI is InChI=1S/C20H22ClNO5/c1-12-6-5-7-15(8-12)26-11-19(23)27-14(3)20(24)22-17-9-13(2)16(21)10-18(17)25-4/h5-10,14H,11H2,1-4H3,(H,22,24). The van der Waals surface area contributed by atoms with E-state index in [0.29, 0.717) is 22.2 Å². The zero-order valence-corrected chi connectivity index (χ0v) is 16.4. The Kier molecular flexibility index (Phi) is 7.07. The van der Waals surface area contributed by atoms with E-state index in [1.165, 1.54) is 14.0 Å². The van der Waals surface area contributed by atoms with Gasteiger partial charge in [-0.05, 0) is 50.1 Å². The Balaban J connectivity index is 1.91. The molecule has 0 aliphatic carbocycles. The number of halogens is 1. The van der Waals surface area contributed by atoms with Crippen molar-refractivity contribution in [2.24, 2.45) is 0 Å². The zero-order valence-electron chi connectivity index (χ0n) is 15.7. The first kappa shape index (κ1) is 20.6. The summed E-state index contributed by atoms with van der Waals surface area (Å²) in [5.74, 6) is -0.150. The van der Waals surface area contributed by atoms with Crippen molar-refractivity contribution < 1.29 is 23.8 Å². The van der Waals surface area contributed by atoms with Gasteiger partial charge >= 0.3 is 5.97 Å². The maximum Gasteiger partial charge on any atom is 0.344 e. The quantitative estimate of drug-likeness (QED) is 0.724. The Hall–Kier alpha value is -2.73. The third kappa shape index (κ3) is 5.89. The van der Waals surface area contributed by atoms with E-state index < -0.39 is 18.0 Å². The van der Waals surface area contributed by atoms with Gasteiger partial charge in [-0.15, -0.1) is 0 Å². The number of carbonyl (C=O) groups excluding carboxylic acids is 2. The molecule has 0 heterocycles. The Morgan fingerprint density at radius 2 is 1.93 bits per heavy atom. The Labute approximate surface area is 163 Å². The van der Waals surface area contributed by atoms with Crippen LogP contribution in [0.5, 0.6) is 11.5 Å². The van der Waals surface area contributed by atoms with E-state index in [-0.39, 0.29) is 6.61 Å². The van der Waals surface area contributed by atoms with Crippen molar-refractivity contribution in [2.75, 3.05) is 19.0 Å². The molecule has 6 nitrogen and oxygen atoms in total. The van der Waals surface area contributed by atoms with Crippen LogP contribution in [0.1, 0.15) is 18.1 Å². The summed E-state index contributed by atoms with van der Waals surface area (Å²) >= 11 is 6.05. The van der Waals surface area contributed by atoms with Gasteiger partial charge in [-0.2, -0.15) is 0 Å². The molecule has 2 aromatic carbocycles. The number of benzene rings is 2. The summed E-state index contributed by atoms with van der Waals surface area (Å²) in [6.45, 7) is 4.92. The van der Waals surface area contributed by atoms with Crippen molar-refractivity contribution in [1.29, 1.82) is 0 Å². The molecule has 0 fully saturated rings. The number of rotatable bonds is 7. The molecule has 144 valence electrons. The normalized spacial score (nSPS) is 11.4. The van der Waals surface area contributed by atoms with Gasteiger partial charge in [-0.25, -0.2) is 4.79 Å². The summed E-state index contributed by atoms with van der Waals surface area (Å²) < 4.78 is 15.7. The lowest BCUT2D eigenvalue weighted by molar-refractivity contribution is -0.155. The molecule has 1 amide bonds. The molecule has 1 atom stereocenters. The van der Waals surface area contributed by atoms with Crippen LogP contribution in [-0.2, 0) is 14.3 Å². The number of amides is 1. The van der Waals surface area contributed by atoms with Gasteiger partial charge in [-0.1, -0.05) is 23.7 Å². The van der Waals surface area contributed by atoms with E-state index in [1.807, 2.05) is 26.0 Å². The maximum absolute atomic E-state index is 12.3. The molecule has 0 bridgehead atoms. The minimum atomic E-state index is -1.00. The smallest absolute Gasteiger partial charge is 0.344 e. The van der Waals surface area contributed by atoms with Crippen LogP contribution in [0.3, 0.4) is 0 Å². The van der Waals surface area contributed by atoms with Gasteiger partial charge in [0, 0.05) is 11.1 Å². The van der Waals surface area contributed by atoms with Gasteiger partial charge in [0.25, 0.3) is 5.91 Å². The molecular formula is C20H22ClNO5. The first-order chi connectivity index (χ1) is 12.8. The second-order valence-electron chi connectivity index (χ2n) is 6.03. The molecule has 7 heteroatoms. The number of esters is 1. The van der Waals surface area contributed by atoms with Crippen LogP contribution < -0.4 is 14.8 Å². The van der Waals surface area contributed by atoms with Gasteiger partial charge < -0.3 is 19.5 Å². The summed E-state index contributed by atoms with van der Waals surface area (Å²) in [4.78, 5) is 24.2. The van der Waals surface area contributed by atoms with Gasteiger partial charge in [0.2, 0.25) is 0 Å². The molecular weight excluding hydrogens is 370 g/mol. The molecule has 0 aliphatic rings. The highest BCUT2D eigenvalue weighted by Crippen LogP contribution is 2.31.